The molecule has 142 valence electrons. The lowest BCUT2D eigenvalue weighted by atomic mass is 9.96. The Balaban J connectivity index is 1.50. The van der Waals surface area contributed by atoms with E-state index in [9.17, 15) is 19.7 Å². The number of nitro benzene ring substituents is 1. The zero-order chi connectivity index (χ0) is 19.4. The molecule has 8 nitrogen and oxygen atoms in total. The van der Waals surface area contributed by atoms with Crippen LogP contribution < -0.4 is 5.32 Å². The first kappa shape index (κ1) is 18.9. The standard InChI is InChI=1S/C18H18ClN3O5/c19-15-2-1-13(9-16(15)22(25)26)17(23)20-10-12-3-6-21(7-4-12)18(24)14-5-8-27-11-14/h1-2,5,8-9,11-12H,3-4,6-7,10H2,(H,20,23). The van der Waals surface area contributed by atoms with Crippen molar-refractivity contribution >= 4 is 29.1 Å². The monoisotopic (exact) mass is 391 g/mol. The highest BCUT2D eigenvalue weighted by Gasteiger charge is 2.25. The average Bonchev–Trinajstić information content (AvgIpc) is 3.21. The van der Waals surface area contributed by atoms with Crippen LogP contribution in [-0.4, -0.2) is 41.3 Å². The minimum Gasteiger partial charge on any atom is -0.472 e. The maximum absolute atomic E-state index is 12.3. The van der Waals surface area contributed by atoms with Crippen molar-refractivity contribution in [2.45, 2.75) is 12.8 Å². The van der Waals surface area contributed by atoms with E-state index in [1.807, 2.05) is 0 Å². The molecule has 0 radical (unpaired) electrons. The summed E-state index contributed by atoms with van der Waals surface area (Å²) in [4.78, 5) is 36.6. The molecule has 27 heavy (non-hydrogen) atoms. The predicted octanol–water partition coefficient (Wildman–Crippen LogP) is 3.12. The third kappa shape index (κ3) is 4.46. The molecule has 0 unspecified atom stereocenters. The molecule has 1 aromatic heterocycles. The largest absolute Gasteiger partial charge is 0.472 e. The predicted molar refractivity (Wildman–Crippen MR) is 97.8 cm³/mol. The van der Waals surface area contributed by atoms with Gasteiger partial charge in [0.05, 0.1) is 16.7 Å². The van der Waals surface area contributed by atoms with Gasteiger partial charge in [-0.15, -0.1) is 0 Å². The van der Waals surface area contributed by atoms with Crippen molar-refractivity contribution in [1.82, 2.24) is 10.2 Å². The molecule has 9 heteroatoms. The normalized spacial score (nSPS) is 14.8. The number of halogens is 1. The number of piperidine rings is 1. The van der Waals surface area contributed by atoms with Gasteiger partial charge in [-0.1, -0.05) is 11.6 Å². The van der Waals surface area contributed by atoms with Gasteiger partial charge in [0.25, 0.3) is 17.5 Å². The summed E-state index contributed by atoms with van der Waals surface area (Å²) >= 11 is 5.76. The average molecular weight is 392 g/mol. The highest BCUT2D eigenvalue weighted by Crippen LogP contribution is 2.25. The SMILES string of the molecule is O=C(NCC1CCN(C(=O)c2ccoc2)CC1)c1ccc(Cl)c([N+](=O)[O-])c1. The Kier molecular flexibility index (Phi) is 5.75. The van der Waals surface area contributed by atoms with Gasteiger partial charge in [0, 0.05) is 31.3 Å². The van der Waals surface area contributed by atoms with Crippen LogP contribution in [0.2, 0.25) is 5.02 Å². The third-order valence-electron chi connectivity index (χ3n) is 4.63. The van der Waals surface area contributed by atoms with Gasteiger partial charge < -0.3 is 14.6 Å². The van der Waals surface area contributed by atoms with E-state index in [-0.39, 0.29) is 34.0 Å². The summed E-state index contributed by atoms with van der Waals surface area (Å²) in [7, 11) is 0. The summed E-state index contributed by atoms with van der Waals surface area (Å²) in [6.07, 6.45) is 4.44. The van der Waals surface area contributed by atoms with Crippen molar-refractivity contribution in [2.24, 2.45) is 5.92 Å². The maximum atomic E-state index is 12.3. The molecule has 2 heterocycles. The Morgan fingerprint density at radius 2 is 2.00 bits per heavy atom. The summed E-state index contributed by atoms with van der Waals surface area (Å²) in [6, 6.07) is 5.61. The van der Waals surface area contributed by atoms with E-state index in [4.69, 9.17) is 16.0 Å². The molecular formula is C18H18ClN3O5. The molecule has 1 aromatic carbocycles. The maximum Gasteiger partial charge on any atom is 0.288 e. The third-order valence-corrected chi connectivity index (χ3v) is 4.95. The van der Waals surface area contributed by atoms with Gasteiger partial charge in [-0.05, 0) is 37.0 Å². The van der Waals surface area contributed by atoms with Crippen LogP contribution in [0.25, 0.3) is 0 Å². The van der Waals surface area contributed by atoms with E-state index in [2.05, 4.69) is 5.32 Å². The van der Waals surface area contributed by atoms with Gasteiger partial charge in [0.15, 0.2) is 0 Å². The van der Waals surface area contributed by atoms with Gasteiger partial charge in [0.2, 0.25) is 0 Å². The molecule has 0 atom stereocenters. The van der Waals surface area contributed by atoms with Crippen LogP contribution >= 0.6 is 11.6 Å². The molecule has 3 rings (SSSR count). The van der Waals surface area contributed by atoms with Gasteiger partial charge in [-0.25, -0.2) is 0 Å². The van der Waals surface area contributed by atoms with Crippen molar-refractivity contribution in [3.05, 3.63) is 63.1 Å². The number of carbonyl (C=O) groups excluding carboxylic acids is 2. The molecule has 0 saturated carbocycles. The molecule has 1 aliphatic rings. The Morgan fingerprint density at radius 3 is 2.63 bits per heavy atom. The molecule has 2 aromatic rings. The van der Waals surface area contributed by atoms with Gasteiger partial charge >= 0.3 is 0 Å². The van der Waals surface area contributed by atoms with Crippen molar-refractivity contribution in [3.63, 3.8) is 0 Å². The van der Waals surface area contributed by atoms with E-state index in [1.165, 1.54) is 30.7 Å². The van der Waals surface area contributed by atoms with Crippen LogP contribution in [0.5, 0.6) is 0 Å². The number of furan rings is 1. The number of hydrogen-bond acceptors (Lipinski definition) is 5. The lowest BCUT2D eigenvalue weighted by Gasteiger charge is -2.31. The summed E-state index contributed by atoms with van der Waals surface area (Å²) in [5, 5.41) is 13.7. The van der Waals surface area contributed by atoms with Gasteiger partial charge in [0.1, 0.15) is 11.3 Å². The second-order valence-corrected chi connectivity index (χ2v) is 6.79. The number of nitro groups is 1. The number of amides is 2. The zero-order valence-electron chi connectivity index (χ0n) is 14.4. The minimum absolute atomic E-state index is 0.00814. The van der Waals surface area contributed by atoms with Crippen molar-refractivity contribution in [2.75, 3.05) is 19.6 Å². The molecular weight excluding hydrogens is 374 g/mol. The Bertz CT molecular complexity index is 845. The molecule has 0 aliphatic carbocycles. The van der Waals surface area contributed by atoms with Gasteiger partial charge in [-0.2, -0.15) is 0 Å². The number of nitrogens with one attached hydrogen (secondary N) is 1. The Morgan fingerprint density at radius 1 is 1.26 bits per heavy atom. The fraction of sp³-hybridized carbons (Fsp3) is 0.333. The van der Waals surface area contributed by atoms with Crippen LogP contribution in [0.3, 0.4) is 0 Å². The highest BCUT2D eigenvalue weighted by molar-refractivity contribution is 6.32. The van der Waals surface area contributed by atoms with Gasteiger partial charge in [-0.3, -0.25) is 19.7 Å². The Labute approximate surface area is 160 Å². The van der Waals surface area contributed by atoms with E-state index >= 15 is 0 Å². The number of carbonyl (C=O) groups is 2. The molecule has 0 spiro atoms. The van der Waals surface area contributed by atoms with E-state index in [1.54, 1.807) is 11.0 Å². The lowest BCUT2D eigenvalue weighted by molar-refractivity contribution is -0.384. The van der Waals surface area contributed by atoms with Crippen LogP contribution in [0.15, 0.2) is 41.2 Å². The molecule has 1 N–H and O–H groups in total. The van der Waals surface area contributed by atoms with Crippen LogP contribution in [0.4, 0.5) is 5.69 Å². The van der Waals surface area contributed by atoms with Crippen LogP contribution in [-0.2, 0) is 0 Å². The highest BCUT2D eigenvalue weighted by atomic mass is 35.5. The van der Waals surface area contributed by atoms with Crippen molar-refractivity contribution in [1.29, 1.82) is 0 Å². The molecule has 1 aliphatic heterocycles. The first-order chi connectivity index (χ1) is 13.0. The van der Waals surface area contributed by atoms with E-state index < -0.39 is 4.92 Å². The summed E-state index contributed by atoms with van der Waals surface area (Å²) in [6.45, 7) is 1.66. The Hall–Kier alpha value is -2.87. The summed E-state index contributed by atoms with van der Waals surface area (Å²) < 4.78 is 4.94. The van der Waals surface area contributed by atoms with Crippen molar-refractivity contribution < 1.29 is 18.9 Å². The molecule has 1 fully saturated rings. The quantitative estimate of drug-likeness (QED) is 0.622. The van der Waals surface area contributed by atoms with E-state index in [0.29, 0.717) is 25.2 Å². The summed E-state index contributed by atoms with van der Waals surface area (Å²) in [5.41, 5.74) is 0.431. The topological polar surface area (TPSA) is 106 Å². The van der Waals surface area contributed by atoms with Crippen molar-refractivity contribution in [3.8, 4) is 0 Å². The fourth-order valence-electron chi connectivity index (χ4n) is 3.04. The number of benzene rings is 1. The number of likely N-dealkylation sites (tertiary alicyclic amines) is 1. The second kappa shape index (κ2) is 8.22. The molecule has 0 bridgehead atoms. The second-order valence-electron chi connectivity index (χ2n) is 6.38. The van der Waals surface area contributed by atoms with Crippen LogP contribution in [0, 0.1) is 16.0 Å². The first-order valence-electron chi connectivity index (χ1n) is 8.49. The smallest absolute Gasteiger partial charge is 0.288 e. The zero-order valence-corrected chi connectivity index (χ0v) is 15.1. The minimum atomic E-state index is -0.619. The van der Waals surface area contributed by atoms with E-state index in [0.717, 1.165) is 12.8 Å². The first-order valence-corrected chi connectivity index (χ1v) is 8.87. The summed E-state index contributed by atoms with van der Waals surface area (Å²) in [5.74, 6) is -0.198. The lowest BCUT2D eigenvalue weighted by Crippen LogP contribution is -2.41. The molecule has 1 saturated heterocycles. The number of nitrogens with zero attached hydrogens (tertiary/aromatic N) is 2. The number of hydrogen-bond donors (Lipinski definition) is 1. The number of rotatable bonds is 5. The molecule has 2 amide bonds. The van der Waals surface area contributed by atoms with Crippen LogP contribution in [0.1, 0.15) is 33.6 Å². The fourth-order valence-corrected chi connectivity index (χ4v) is 3.23.